The molecule has 0 spiro atoms. The van der Waals surface area contributed by atoms with Crippen molar-refractivity contribution in [1.29, 1.82) is 0 Å². The van der Waals surface area contributed by atoms with Crippen molar-refractivity contribution in [2.45, 2.75) is 31.7 Å². The van der Waals surface area contributed by atoms with Gasteiger partial charge in [0.1, 0.15) is 5.15 Å². The van der Waals surface area contributed by atoms with Crippen molar-refractivity contribution in [3.05, 3.63) is 27.4 Å². The molecule has 1 saturated heterocycles. The maximum absolute atomic E-state index is 11.1. The lowest BCUT2D eigenvalue weighted by atomic mass is 10.1. The van der Waals surface area contributed by atoms with Crippen molar-refractivity contribution in [2.75, 3.05) is 18.1 Å². The first-order valence-electron chi connectivity index (χ1n) is 6.32. The molecule has 104 valence electrons. The summed E-state index contributed by atoms with van der Waals surface area (Å²) in [5, 5.41) is 20.2. The number of nitrogens with zero attached hydrogens (tertiary/aromatic N) is 3. The molecule has 1 atom stereocenters. The van der Waals surface area contributed by atoms with Crippen LogP contribution in [0.1, 0.15) is 25.7 Å². The zero-order chi connectivity index (χ0) is 13.8. The molecule has 19 heavy (non-hydrogen) atoms. The molecule has 7 heteroatoms. The van der Waals surface area contributed by atoms with Crippen molar-refractivity contribution in [2.24, 2.45) is 0 Å². The first kappa shape index (κ1) is 14.0. The number of aliphatic hydroxyl groups is 1. The average Bonchev–Trinajstić information content (AvgIpc) is 2.83. The average molecular weight is 286 g/mol. The predicted molar refractivity (Wildman–Crippen MR) is 72.6 cm³/mol. The van der Waals surface area contributed by atoms with Crippen molar-refractivity contribution in [3.63, 3.8) is 0 Å². The monoisotopic (exact) mass is 285 g/mol. The van der Waals surface area contributed by atoms with Crippen LogP contribution in [0.4, 0.5) is 11.5 Å². The van der Waals surface area contributed by atoms with Gasteiger partial charge in [-0.05, 0) is 31.7 Å². The fourth-order valence-corrected chi connectivity index (χ4v) is 2.66. The van der Waals surface area contributed by atoms with E-state index < -0.39 is 4.92 Å². The summed E-state index contributed by atoms with van der Waals surface area (Å²) in [7, 11) is 0. The molecule has 0 aliphatic carbocycles. The molecule has 6 nitrogen and oxygen atoms in total. The Morgan fingerprint density at radius 2 is 2.37 bits per heavy atom. The Morgan fingerprint density at radius 1 is 1.58 bits per heavy atom. The van der Waals surface area contributed by atoms with Gasteiger partial charge in [0.2, 0.25) is 5.82 Å². The Kier molecular flexibility index (Phi) is 4.55. The third kappa shape index (κ3) is 3.13. The minimum atomic E-state index is -0.430. The highest BCUT2D eigenvalue weighted by Gasteiger charge is 2.30. The zero-order valence-electron chi connectivity index (χ0n) is 10.5. The van der Waals surface area contributed by atoms with Crippen LogP contribution in [0, 0.1) is 10.1 Å². The van der Waals surface area contributed by atoms with E-state index in [0.717, 1.165) is 25.8 Å². The van der Waals surface area contributed by atoms with Crippen LogP contribution in [0.2, 0.25) is 5.15 Å². The van der Waals surface area contributed by atoms with E-state index in [1.165, 1.54) is 12.1 Å². The number of nitro groups is 1. The van der Waals surface area contributed by atoms with E-state index in [4.69, 9.17) is 16.7 Å². The van der Waals surface area contributed by atoms with E-state index in [9.17, 15) is 10.1 Å². The number of aromatic nitrogens is 1. The first-order chi connectivity index (χ1) is 9.13. The second-order valence-corrected chi connectivity index (χ2v) is 4.98. The van der Waals surface area contributed by atoms with Gasteiger partial charge >= 0.3 is 5.69 Å². The summed E-state index contributed by atoms with van der Waals surface area (Å²) in [6, 6.07) is 3.02. The lowest BCUT2D eigenvalue weighted by Crippen LogP contribution is -2.30. The quantitative estimate of drug-likeness (QED) is 0.510. The van der Waals surface area contributed by atoms with Crippen molar-refractivity contribution >= 4 is 23.1 Å². The number of anilines is 1. The molecule has 2 rings (SSSR count). The third-order valence-electron chi connectivity index (χ3n) is 3.36. The molecule has 1 aromatic rings. The highest BCUT2D eigenvalue weighted by Crippen LogP contribution is 2.34. The Labute approximate surface area is 116 Å². The molecule has 0 saturated carbocycles. The summed E-state index contributed by atoms with van der Waals surface area (Å²) in [6.45, 7) is 0.875. The highest BCUT2D eigenvalue weighted by atomic mass is 35.5. The molecule has 0 radical (unpaired) electrons. The van der Waals surface area contributed by atoms with Crippen molar-refractivity contribution in [1.82, 2.24) is 4.98 Å². The lowest BCUT2D eigenvalue weighted by Gasteiger charge is -2.25. The fraction of sp³-hybridized carbons (Fsp3) is 0.583. The summed E-state index contributed by atoms with van der Waals surface area (Å²) >= 11 is 5.85. The smallest absolute Gasteiger partial charge is 0.311 e. The summed E-state index contributed by atoms with van der Waals surface area (Å²) in [5.74, 6) is 0.345. The predicted octanol–water partition coefficient (Wildman–Crippen LogP) is 2.38. The van der Waals surface area contributed by atoms with E-state index >= 15 is 0 Å². The molecule has 1 aromatic heterocycles. The van der Waals surface area contributed by atoms with E-state index in [1.807, 2.05) is 4.90 Å². The van der Waals surface area contributed by atoms with Crippen LogP contribution >= 0.6 is 11.6 Å². The van der Waals surface area contributed by atoms with Gasteiger partial charge in [-0.25, -0.2) is 4.98 Å². The molecular weight excluding hydrogens is 270 g/mol. The van der Waals surface area contributed by atoms with Crippen molar-refractivity contribution in [3.8, 4) is 0 Å². The minimum Gasteiger partial charge on any atom is -0.396 e. The minimum absolute atomic E-state index is 0.0136. The van der Waals surface area contributed by atoms with Gasteiger partial charge in [0.15, 0.2) is 0 Å². The molecule has 1 fully saturated rings. The second kappa shape index (κ2) is 6.16. The van der Waals surface area contributed by atoms with E-state index in [2.05, 4.69) is 4.98 Å². The second-order valence-electron chi connectivity index (χ2n) is 4.59. The van der Waals surface area contributed by atoms with Gasteiger partial charge in [0.25, 0.3) is 0 Å². The first-order valence-corrected chi connectivity index (χ1v) is 6.69. The number of hydrogen-bond acceptors (Lipinski definition) is 5. The lowest BCUT2D eigenvalue weighted by molar-refractivity contribution is -0.384. The fourth-order valence-electron chi connectivity index (χ4n) is 2.51. The van der Waals surface area contributed by atoms with E-state index in [-0.39, 0.29) is 23.5 Å². The molecule has 1 unspecified atom stereocenters. The van der Waals surface area contributed by atoms with Gasteiger partial charge in [-0.1, -0.05) is 11.6 Å². The van der Waals surface area contributed by atoms with Gasteiger partial charge in [-0.3, -0.25) is 10.1 Å². The van der Waals surface area contributed by atoms with Crippen LogP contribution in [0.15, 0.2) is 12.1 Å². The maximum atomic E-state index is 11.1. The van der Waals surface area contributed by atoms with Crippen LogP contribution in [0.3, 0.4) is 0 Å². The molecule has 1 aliphatic heterocycles. The largest absolute Gasteiger partial charge is 0.396 e. The molecule has 1 aliphatic rings. The van der Waals surface area contributed by atoms with Gasteiger partial charge in [-0.2, -0.15) is 0 Å². The number of rotatable bonds is 5. The number of pyridine rings is 1. The summed E-state index contributed by atoms with van der Waals surface area (Å²) in [5.41, 5.74) is -0.0136. The van der Waals surface area contributed by atoms with E-state index in [1.54, 1.807) is 0 Å². The van der Waals surface area contributed by atoms with Crippen LogP contribution in [0.25, 0.3) is 0 Å². The Bertz CT molecular complexity index is 470. The van der Waals surface area contributed by atoms with Gasteiger partial charge < -0.3 is 10.0 Å². The summed E-state index contributed by atoms with van der Waals surface area (Å²) in [6.07, 6.45) is 3.43. The van der Waals surface area contributed by atoms with Gasteiger partial charge in [0.05, 0.1) is 4.92 Å². The molecular formula is C12H16ClN3O3. The van der Waals surface area contributed by atoms with Crippen LogP contribution in [0.5, 0.6) is 0 Å². The number of halogens is 1. The molecule has 1 N–H and O–H groups in total. The molecule has 0 amide bonds. The highest BCUT2D eigenvalue weighted by molar-refractivity contribution is 6.29. The maximum Gasteiger partial charge on any atom is 0.311 e. The topological polar surface area (TPSA) is 79.5 Å². The molecule has 0 aromatic carbocycles. The molecule has 0 bridgehead atoms. The Hall–Kier alpha value is -1.40. The Balaban J connectivity index is 2.28. The van der Waals surface area contributed by atoms with Gasteiger partial charge in [-0.15, -0.1) is 0 Å². The number of aliphatic hydroxyl groups excluding tert-OH is 1. The normalized spacial score (nSPS) is 18.8. The molecule has 2 heterocycles. The number of hydrogen-bond donors (Lipinski definition) is 1. The standard InChI is InChI=1S/C12H16ClN3O3/c13-11-6-5-10(16(18)19)12(14-11)15-7-1-3-9(15)4-2-8-17/h5-6,9,17H,1-4,7-8H2. The summed E-state index contributed by atoms with van der Waals surface area (Å²) in [4.78, 5) is 16.7. The SMILES string of the molecule is O=[N+]([O-])c1ccc(Cl)nc1N1CCCC1CCCO. The van der Waals surface area contributed by atoms with Crippen LogP contribution in [-0.4, -0.2) is 34.2 Å². The zero-order valence-corrected chi connectivity index (χ0v) is 11.2. The van der Waals surface area contributed by atoms with Crippen LogP contribution in [-0.2, 0) is 0 Å². The third-order valence-corrected chi connectivity index (χ3v) is 3.57. The van der Waals surface area contributed by atoms with E-state index in [0.29, 0.717) is 12.2 Å². The Morgan fingerprint density at radius 3 is 3.05 bits per heavy atom. The van der Waals surface area contributed by atoms with Crippen LogP contribution < -0.4 is 4.90 Å². The summed E-state index contributed by atoms with van der Waals surface area (Å²) < 4.78 is 0. The van der Waals surface area contributed by atoms with Crippen molar-refractivity contribution < 1.29 is 10.0 Å². The van der Waals surface area contributed by atoms with Gasteiger partial charge in [0, 0.05) is 25.3 Å².